The molecule has 42 heavy (non-hydrogen) atoms. The Labute approximate surface area is 238 Å². The first-order valence-corrected chi connectivity index (χ1v) is 13.4. The molecule has 1 unspecified atom stereocenters. The van der Waals surface area contributed by atoms with Gasteiger partial charge in [0.2, 0.25) is 5.91 Å². The number of anilines is 2. The van der Waals surface area contributed by atoms with E-state index in [9.17, 15) is 40.7 Å². The van der Waals surface area contributed by atoms with Gasteiger partial charge in [0.1, 0.15) is 12.1 Å². The molecule has 1 atom stereocenters. The van der Waals surface area contributed by atoms with E-state index < -0.39 is 40.7 Å². The van der Waals surface area contributed by atoms with Crippen molar-refractivity contribution in [3.8, 4) is 0 Å². The zero-order valence-electron chi connectivity index (χ0n) is 23.0. The summed E-state index contributed by atoms with van der Waals surface area (Å²) in [5.74, 6) is -0.600. The lowest BCUT2D eigenvalue weighted by Crippen LogP contribution is -2.58. The standard InChI is InChI=1S/C28H31F6N5O3/c1-3-18(2)35-23(40)16-38-17-39(22-7-5-4-6-8-22)26(24(38)41)9-11-37(12-10-26)25(42)36-21-14-19(27(29,30)31)13-20(15-21)28(32,33)34/h4-8,13-15,18H,3,9-12,16-17H2,1-2H3,(H,35,40)(H,36,42). The Morgan fingerprint density at radius 3 is 2.05 bits per heavy atom. The molecule has 0 bridgehead atoms. The van der Waals surface area contributed by atoms with Crippen LogP contribution >= 0.6 is 0 Å². The van der Waals surface area contributed by atoms with Crippen molar-refractivity contribution in [3.63, 3.8) is 0 Å². The molecule has 2 aromatic rings. The SMILES string of the molecule is CCC(C)NC(=O)CN1CN(c2ccccc2)C2(CCN(C(=O)Nc3cc(C(F)(F)F)cc(C(F)(F)F)c3)CC2)C1=O. The summed E-state index contributed by atoms with van der Waals surface area (Å²) in [5.41, 5.74) is -4.09. The molecule has 2 aromatic carbocycles. The van der Waals surface area contributed by atoms with Crippen LogP contribution in [0.1, 0.15) is 44.2 Å². The van der Waals surface area contributed by atoms with Crippen LogP contribution in [0.5, 0.6) is 0 Å². The first kappa shape index (κ1) is 31.0. The number of alkyl halides is 6. The van der Waals surface area contributed by atoms with Gasteiger partial charge in [-0.25, -0.2) is 4.79 Å². The molecule has 0 saturated carbocycles. The Balaban J connectivity index is 1.52. The molecule has 2 heterocycles. The van der Waals surface area contributed by atoms with Crippen LogP contribution in [0, 0.1) is 0 Å². The number of para-hydroxylation sites is 1. The highest BCUT2D eigenvalue weighted by Crippen LogP contribution is 2.40. The Bertz CT molecular complexity index is 1280. The molecule has 0 aromatic heterocycles. The summed E-state index contributed by atoms with van der Waals surface area (Å²) in [6, 6.07) is 8.98. The summed E-state index contributed by atoms with van der Waals surface area (Å²) in [5, 5.41) is 4.99. The fourth-order valence-corrected chi connectivity index (χ4v) is 5.23. The summed E-state index contributed by atoms with van der Waals surface area (Å²) in [6.45, 7) is 3.75. The van der Waals surface area contributed by atoms with Crippen LogP contribution in [0.25, 0.3) is 0 Å². The maximum Gasteiger partial charge on any atom is 0.416 e. The predicted octanol–water partition coefficient (Wildman–Crippen LogP) is 5.31. The molecule has 2 N–H and O–H groups in total. The highest BCUT2D eigenvalue weighted by Gasteiger charge is 2.54. The number of carbonyl (C=O) groups excluding carboxylic acids is 3. The molecule has 1 spiro atoms. The molecule has 14 heteroatoms. The van der Waals surface area contributed by atoms with Gasteiger partial charge in [-0.1, -0.05) is 25.1 Å². The third-order valence-corrected chi connectivity index (χ3v) is 7.65. The Morgan fingerprint density at radius 2 is 1.52 bits per heavy atom. The van der Waals surface area contributed by atoms with E-state index in [0.29, 0.717) is 12.1 Å². The van der Waals surface area contributed by atoms with E-state index >= 15 is 0 Å². The number of benzene rings is 2. The normalized spacial score (nSPS) is 17.9. The summed E-state index contributed by atoms with van der Waals surface area (Å²) in [4.78, 5) is 43.9. The summed E-state index contributed by atoms with van der Waals surface area (Å²) in [7, 11) is 0. The van der Waals surface area contributed by atoms with Crippen molar-refractivity contribution in [1.29, 1.82) is 0 Å². The van der Waals surface area contributed by atoms with E-state index in [1.807, 2.05) is 36.9 Å². The number of likely N-dealkylation sites (tertiary alicyclic amines) is 1. The zero-order valence-corrected chi connectivity index (χ0v) is 23.0. The maximum absolute atomic E-state index is 13.8. The number of amides is 4. The first-order chi connectivity index (χ1) is 19.6. The molecule has 0 radical (unpaired) electrons. The lowest BCUT2D eigenvalue weighted by molar-refractivity contribution is -0.143. The van der Waals surface area contributed by atoms with Crippen molar-refractivity contribution in [2.24, 2.45) is 0 Å². The Morgan fingerprint density at radius 1 is 0.952 bits per heavy atom. The number of hydrogen-bond donors (Lipinski definition) is 2. The first-order valence-electron chi connectivity index (χ1n) is 13.4. The molecule has 2 fully saturated rings. The number of nitrogens with zero attached hydrogens (tertiary/aromatic N) is 3. The van der Waals surface area contributed by atoms with Crippen molar-refractivity contribution in [2.45, 2.75) is 57.0 Å². The molecule has 4 rings (SSSR count). The summed E-state index contributed by atoms with van der Waals surface area (Å²) >= 11 is 0. The monoisotopic (exact) mass is 599 g/mol. The van der Waals surface area contributed by atoms with Crippen LogP contribution in [0.3, 0.4) is 0 Å². The van der Waals surface area contributed by atoms with Gasteiger partial charge in [-0.2, -0.15) is 26.3 Å². The average molecular weight is 600 g/mol. The van der Waals surface area contributed by atoms with E-state index in [4.69, 9.17) is 0 Å². The van der Waals surface area contributed by atoms with Crippen molar-refractivity contribution >= 4 is 29.2 Å². The third kappa shape index (κ3) is 6.57. The molecule has 4 amide bonds. The minimum absolute atomic E-state index is 0.00109. The van der Waals surface area contributed by atoms with Crippen LogP contribution in [0.2, 0.25) is 0 Å². The van der Waals surface area contributed by atoms with Crippen LogP contribution in [-0.2, 0) is 21.9 Å². The topological polar surface area (TPSA) is 85.0 Å². The number of rotatable bonds is 6. The largest absolute Gasteiger partial charge is 0.416 e. The molecule has 8 nitrogen and oxygen atoms in total. The second kappa shape index (κ2) is 11.7. The van der Waals surface area contributed by atoms with Gasteiger partial charge in [0.25, 0.3) is 5.91 Å². The Hall–Kier alpha value is -3.97. The summed E-state index contributed by atoms with van der Waals surface area (Å²) < 4.78 is 79.5. The van der Waals surface area contributed by atoms with Crippen molar-refractivity contribution in [1.82, 2.24) is 15.1 Å². The number of halogens is 6. The number of nitrogens with one attached hydrogen (secondary N) is 2. The van der Waals surface area contributed by atoms with Crippen LogP contribution in [0.15, 0.2) is 48.5 Å². The smallest absolute Gasteiger partial charge is 0.352 e. The molecule has 2 aliphatic heterocycles. The molecular weight excluding hydrogens is 568 g/mol. The molecule has 2 aliphatic rings. The van der Waals surface area contributed by atoms with Crippen LogP contribution < -0.4 is 15.5 Å². The van der Waals surface area contributed by atoms with Gasteiger partial charge < -0.3 is 25.3 Å². The van der Waals surface area contributed by atoms with Gasteiger partial charge >= 0.3 is 18.4 Å². The van der Waals surface area contributed by atoms with E-state index in [1.54, 1.807) is 12.1 Å². The second-order valence-electron chi connectivity index (χ2n) is 10.5. The molecule has 2 saturated heterocycles. The maximum atomic E-state index is 13.8. The lowest BCUT2D eigenvalue weighted by Gasteiger charge is -2.43. The van der Waals surface area contributed by atoms with Crippen molar-refractivity contribution in [2.75, 3.05) is 36.5 Å². The number of hydrogen-bond acceptors (Lipinski definition) is 4. The molecular formula is C28H31F6N5O3. The number of carbonyl (C=O) groups is 3. The van der Waals surface area contributed by atoms with Gasteiger partial charge in [0.05, 0.1) is 17.8 Å². The number of urea groups is 1. The van der Waals surface area contributed by atoms with Gasteiger partial charge in [-0.3, -0.25) is 9.59 Å². The quantitative estimate of drug-likeness (QED) is 0.441. The molecule has 228 valence electrons. The highest BCUT2D eigenvalue weighted by atomic mass is 19.4. The van der Waals surface area contributed by atoms with Crippen LogP contribution in [0.4, 0.5) is 42.5 Å². The highest BCUT2D eigenvalue weighted by molar-refractivity contribution is 5.97. The summed E-state index contributed by atoms with van der Waals surface area (Å²) in [6.07, 6.45) is -9.13. The van der Waals surface area contributed by atoms with Gasteiger partial charge in [0, 0.05) is 30.5 Å². The third-order valence-electron chi connectivity index (χ3n) is 7.65. The predicted molar refractivity (Wildman–Crippen MR) is 142 cm³/mol. The zero-order chi connectivity index (χ0) is 30.9. The van der Waals surface area contributed by atoms with Gasteiger partial charge in [0.15, 0.2) is 0 Å². The number of piperidine rings is 1. The molecule has 0 aliphatic carbocycles. The minimum atomic E-state index is -5.06. The lowest BCUT2D eigenvalue weighted by atomic mass is 9.85. The minimum Gasteiger partial charge on any atom is -0.352 e. The van der Waals surface area contributed by atoms with Gasteiger partial charge in [-0.05, 0) is 56.5 Å². The Kier molecular flexibility index (Phi) is 8.65. The van der Waals surface area contributed by atoms with E-state index in [1.165, 1.54) is 9.80 Å². The average Bonchev–Trinajstić information content (AvgIpc) is 3.18. The fourth-order valence-electron chi connectivity index (χ4n) is 5.23. The fraction of sp³-hybridized carbons (Fsp3) is 0.464. The van der Waals surface area contributed by atoms with Gasteiger partial charge in [-0.15, -0.1) is 0 Å². The van der Waals surface area contributed by atoms with E-state index in [0.717, 1.165) is 12.1 Å². The second-order valence-corrected chi connectivity index (χ2v) is 10.5. The van der Waals surface area contributed by atoms with E-state index in [2.05, 4.69) is 10.6 Å². The van der Waals surface area contributed by atoms with Crippen LogP contribution in [-0.4, -0.2) is 65.5 Å². The van der Waals surface area contributed by atoms with Crippen molar-refractivity contribution < 1.29 is 40.7 Å². The van der Waals surface area contributed by atoms with E-state index in [-0.39, 0.29) is 63.1 Å². The van der Waals surface area contributed by atoms with Crippen molar-refractivity contribution in [3.05, 3.63) is 59.7 Å².